The summed E-state index contributed by atoms with van der Waals surface area (Å²) in [7, 11) is 0. The Balaban J connectivity index is 1.34. The summed E-state index contributed by atoms with van der Waals surface area (Å²) in [6.07, 6.45) is 4.03. The second-order valence-electron chi connectivity index (χ2n) is 7.96. The van der Waals surface area contributed by atoms with E-state index in [1.54, 1.807) is 0 Å². The Morgan fingerprint density at radius 1 is 1.11 bits per heavy atom. The highest BCUT2D eigenvalue weighted by Gasteiger charge is 2.35. The molecule has 2 amide bonds. The zero-order valence-corrected chi connectivity index (χ0v) is 16.2. The van der Waals surface area contributed by atoms with Crippen LogP contribution in [-0.4, -0.2) is 60.3 Å². The minimum absolute atomic E-state index is 0.160. The lowest BCUT2D eigenvalue weighted by molar-refractivity contribution is -0.137. The van der Waals surface area contributed by atoms with Gasteiger partial charge in [0.05, 0.1) is 12.1 Å². The number of imide groups is 1. The maximum atomic E-state index is 12.2. The van der Waals surface area contributed by atoms with Gasteiger partial charge in [-0.1, -0.05) is 6.07 Å². The molecule has 7 heteroatoms. The predicted molar refractivity (Wildman–Crippen MR) is 105 cm³/mol. The standard InChI is InChI=1S/C21H29N3O4/c25-10-1-11-28-18-6-8-23(9-7-18)17-3-2-15-13-24(14-16(15)12-17)19-4-5-20(26)22-21(19)27/h2-3,12,18-19,25H,1,4-11,13-14H2,(H,22,26,27). The van der Waals surface area contributed by atoms with Crippen molar-refractivity contribution in [1.29, 1.82) is 0 Å². The number of hydrogen-bond acceptors (Lipinski definition) is 6. The van der Waals surface area contributed by atoms with E-state index in [2.05, 4.69) is 33.3 Å². The molecule has 0 bridgehead atoms. The van der Waals surface area contributed by atoms with Crippen LogP contribution in [0, 0.1) is 0 Å². The van der Waals surface area contributed by atoms with Gasteiger partial charge in [-0.25, -0.2) is 0 Å². The van der Waals surface area contributed by atoms with E-state index >= 15 is 0 Å². The van der Waals surface area contributed by atoms with Gasteiger partial charge in [0.15, 0.2) is 0 Å². The third-order valence-electron chi connectivity index (χ3n) is 6.05. The SMILES string of the molecule is O=C1CCC(N2Cc3ccc(N4CCC(OCCCO)CC4)cc3C2)C(=O)N1. The normalized spacial score (nSPS) is 23.8. The molecule has 2 N–H and O–H groups in total. The highest BCUT2D eigenvalue weighted by atomic mass is 16.5. The van der Waals surface area contributed by atoms with Gasteiger partial charge >= 0.3 is 0 Å². The molecule has 3 heterocycles. The predicted octanol–water partition coefficient (Wildman–Crippen LogP) is 1.18. The minimum atomic E-state index is -0.208. The number of piperidine rings is 2. The fourth-order valence-corrected chi connectivity index (χ4v) is 4.45. The van der Waals surface area contributed by atoms with Crippen LogP contribution in [0.5, 0.6) is 0 Å². The number of anilines is 1. The Bertz CT molecular complexity index is 730. The van der Waals surface area contributed by atoms with E-state index in [9.17, 15) is 9.59 Å². The van der Waals surface area contributed by atoms with Gasteiger partial charge in [0.2, 0.25) is 11.8 Å². The highest BCUT2D eigenvalue weighted by Crippen LogP contribution is 2.31. The van der Waals surface area contributed by atoms with Crippen LogP contribution >= 0.6 is 0 Å². The van der Waals surface area contributed by atoms with Gasteiger partial charge < -0.3 is 14.7 Å². The van der Waals surface area contributed by atoms with Crippen molar-refractivity contribution in [2.24, 2.45) is 0 Å². The zero-order valence-electron chi connectivity index (χ0n) is 16.2. The summed E-state index contributed by atoms with van der Waals surface area (Å²) in [5.74, 6) is -0.323. The molecule has 2 saturated heterocycles. The van der Waals surface area contributed by atoms with E-state index < -0.39 is 0 Å². The summed E-state index contributed by atoms with van der Waals surface area (Å²) in [5.41, 5.74) is 3.79. The lowest BCUT2D eigenvalue weighted by Gasteiger charge is -2.33. The second kappa shape index (κ2) is 8.59. The van der Waals surface area contributed by atoms with Crippen molar-refractivity contribution < 1.29 is 19.4 Å². The third-order valence-corrected chi connectivity index (χ3v) is 6.05. The molecule has 1 aromatic carbocycles. The maximum absolute atomic E-state index is 12.2. The number of fused-ring (bicyclic) bond motifs is 1. The van der Waals surface area contributed by atoms with Gasteiger partial charge in [0.1, 0.15) is 0 Å². The van der Waals surface area contributed by atoms with E-state index in [0.29, 0.717) is 32.0 Å². The number of carbonyl (C=O) groups excluding carboxylic acids is 2. The summed E-state index contributed by atoms with van der Waals surface area (Å²) >= 11 is 0. The quantitative estimate of drug-likeness (QED) is 0.563. The average molecular weight is 387 g/mol. The van der Waals surface area contributed by atoms with Crippen LogP contribution in [0.2, 0.25) is 0 Å². The van der Waals surface area contributed by atoms with Crippen molar-refractivity contribution in [3.8, 4) is 0 Å². The molecule has 3 aliphatic rings. The molecule has 0 spiro atoms. The number of nitrogens with one attached hydrogen (secondary N) is 1. The van der Waals surface area contributed by atoms with Crippen molar-refractivity contribution in [3.05, 3.63) is 29.3 Å². The number of aliphatic hydroxyl groups is 1. The van der Waals surface area contributed by atoms with E-state index in [1.807, 2.05) is 0 Å². The minimum Gasteiger partial charge on any atom is -0.396 e. The number of rotatable bonds is 6. The first-order valence-electron chi connectivity index (χ1n) is 10.3. The van der Waals surface area contributed by atoms with Crippen LogP contribution < -0.4 is 10.2 Å². The number of aliphatic hydroxyl groups excluding tert-OH is 1. The Hall–Kier alpha value is -1.96. The van der Waals surface area contributed by atoms with Gasteiger partial charge in [0, 0.05) is 51.5 Å². The van der Waals surface area contributed by atoms with E-state index in [4.69, 9.17) is 9.84 Å². The smallest absolute Gasteiger partial charge is 0.243 e. The Morgan fingerprint density at radius 2 is 1.89 bits per heavy atom. The lowest BCUT2D eigenvalue weighted by Crippen LogP contribution is -2.50. The molecule has 7 nitrogen and oxygen atoms in total. The largest absolute Gasteiger partial charge is 0.396 e. The summed E-state index contributed by atoms with van der Waals surface area (Å²) in [4.78, 5) is 28.1. The number of ether oxygens (including phenoxy) is 1. The van der Waals surface area contributed by atoms with Gasteiger partial charge in [-0.3, -0.25) is 19.8 Å². The van der Waals surface area contributed by atoms with Crippen molar-refractivity contribution in [2.45, 2.75) is 57.3 Å². The molecule has 1 unspecified atom stereocenters. The monoisotopic (exact) mass is 387 g/mol. The molecular formula is C21H29N3O4. The Morgan fingerprint density at radius 3 is 2.64 bits per heavy atom. The number of hydrogen-bond donors (Lipinski definition) is 2. The average Bonchev–Trinajstić information content (AvgIpc) is 3.11. The Labute approximate surface area is 165 Å². The molecule has 0 aromatic heterocycles. The topological polar surface area (TPSA) is 82.1 Å². The fraction of sp³-hybridized carbons (Fsp3) is 0.619. The van der Waals surface area contributed by atoms with Crippen molar-refractivity contribution in [3.63, 3.8) is 0 Å². The van der Waals surface area contributed by atoms with Crippen LogP contribution in [0.15, 0.2) is 18.2 Å². The second-order valence-corrected chi connectivity index (χ2v) is 7.96. The van der Waals surface area contributed by atoms with Crippen LogP contribution in [0.4, 0.5) is 5.69 Å². The molecule has 2 fully saturated rings. The first-order valence-corrected chi connectivity index (χ1v) is 10.3. The third kappa shape index (κ3) is 4.21. The molecule has 0 radical (unpaired) electrons. The van der Waals surface area contributed by atoms with Crippen molar-refractivity contribution in [2.75, 3.05) is 31.2 Å². The molecule has 152 valence electrons. The molecule has 0 saturated carbocycles. The number of nitrogens with zero attached hydrogens (tertiary/aromatic N) is 2. The van der Waals surface area contributed by atoms with Gasteiger partial charge in [-0.2, -0.15) is 0 Å². The van der Waals surface area contributed by atoms with E-state index in [0.717, 1.165) is 39.0 Å². The molecule has 0 aliphatic carbocycles. The number of amides is 2. The Kier molecular flexibility index (Phi) is 5.94. The lowest BCUT2D eigenvalue weighted by atomic mass is 10.0. The van der Waals surface area contributed by atoms with Crippen molar-refractivity contribution in [1.82, 2.24) is 10.2 Å². The highest BCUT2D eigenvalue weighted by molar-refractivity contribution is 6.00. The van der Waals surface area contributed by atoms with Gasteiger partial charge in [0.25, 0.3) is 0 Å². The summed E-state index contributed by atoms with van der Waals surface area (Å²) in [5, 5.41) is 11.3. The summed E-state index contributed by atoms with van der Waals surface area (Å²) in [6, 6.07) is 6.41. The van der Waals surface area contributed by atoms with Gasteiger partial charge in [-0.05, 0) is 48.9 Å². The maximum Gasteiger partial charge on any atom is 0.243 e. The summed E-state index contributed by atoms with van der Waals surface area (Å²) < 4.78 is 5.83. The first-order chi connectivity index (χ1) is 13.6. The first kappa shape index (κ1) is 19.4. The fourth-order valence-electron chi connectivity index (χ4n) is 4.45. The van der Waals surface area contributed by atoms with E-state index in [-0.39, 0.29) is 24.5 Å². The number of carbonyl (C=O) groups is 2. The molecule has 3 aliphatic heterocycles. The zero-order chi connectivity index (χ0) is 19.5. The van der Waals surface area contributed by atoms with Crippen LogP contribution in [0.3, 0.4) is 0 Å². The number of benzene rings is 1. The van der Waals surface area contributed by atoms with Crippen LogP contribution in [-0.2, 0) is 27.4 Å². The molecule has 28 heavy (non-hydrogen) atoms. The van der Waals surface area contributed by atoms with Crippen LogP contribution in [0.25, 0.3) is 0 Å². The summed E-state index contributed by atoms with van der Waals surface area (Å²) in [6.45, 7) is 4.29. The molecule has 4 rings (SSSR count). The van der Waals surface area contributed by atoms with Gasteiger partial charge in [-0.15, -0.1) is 0 Å². The van der Waals surface area contributed by atoms with Crippen LogP contribution in [0.1, 0.15) is 43.2 Å². The molecular weight excluding hydrogens is 358 g/mol. The van der Waals surface area contributed by atoms with Crippen molar-refractivity contribution >= 4 is 17.5 Å². The van der Waals surface area contributed by atoms with E-state index in [1.165, 1.54) is 16.8 Å². The molecule has 1 atom stereocenters. The molecule has 1 aromatic rings.